The lowest BCUT2D eigenvalue weighted by Crippen LogP contribution is -2.31. The summed E-state index contributed by atoms with van der Waals surface area (Å²) in [6, 6.07) is 0. The van der Waals surface area contributed by atoms with Crippen LogP contribution in [0.25, 0.3) is 0 Å². The zero-order valence-electron chi connectivity index (χ0n) is 10.2. The van der Waals surface area contributed by atoms with E-state index >= 15 is 0 Å². The molecule has 0 amide bonds. The third kappa shape index (κ3) is 1.63. The molecule has 2 aliphatic heterocycles. The van der Waals surface area contributed by atoms with Crippen molar-refractivity contribution in [2.75, 3.05) is 33.3 Å². The molecule has 0 N–H and O–H groups in total. The van der Waals surface area contributed by atoms with Crippen LogP contribution < -0.4 is 0 Å². The monoisotopic (exact) mass is 174 g/mol. The molecule has 0 aliphatic carbocycles. The molecule has 2 fully saturated rings. The Bertz CT molecular complexity index is 226. The van der Waals surface area contributed by atoms with Crippen LogP contribution in [0.15, 0.2) is 0 Å². The fourth-order valence-corrected chi connectivity index (χ4v) is 1.87. The summed E-state index contributed by atoms with van der Waals surface area (Å²) in [5.74, 6) is -0.486. The molecule has 2 rings (SSSR count). The van der Waals surface area contributed by atoms with Gasteiger partial charge in [-0.3, -0.25) is 0 Å². The van der Waals surface area contributed by atoms with Crippen LogP contribution in [-0.4, -0.2) is 44.0 Å². The van der Waals surface area contributed by atoms with Gasteiger partial charge in [0.25, 0.3) is 0 Å². The van der Waals surface area contributed by atoms with Gasteiger partial charge in [0.2, 0.25) is 0 Å². The Hall–Kier alpha value is -0.120. The summed E-state index contributed by atoms with van der Waals surface area (Å²) < 4.78 is 33.3. The lowest BCUT2D eigenvalue weighted by molar-refractivity contribution is -0.163. The van der Waals surface area contributed by atoms with Crippen molar-refractivity contribution in [2.24, 2.45) is 0 Å². The van der Waals surface area contributed by atoms with E-state index in [1.807, 2.05) is 0 Å². The van der Waals surface area contributed by atoms with E-state index < -0.39 is 12.8 Å². The molecule has 12 heavy (non-hydrogen) atoms. The molecule has 0 radical (unpaired) electrons. The maximum atomic E-state index is 7.36. The second-order valence-electron chi connectivity index (χ2n) is 3.45. The number of likely N-dealkylation sites (tertiary alicyclic amines) is 1. The van der Waals surface area contributed by atoms with Gasteiger partial charge in [-0.25, -0.2) is 0 Å². The SMILES string of the molecule is [2H]C([2H])([2H])N1CCCC2(CC1)OCCO2. The Morgan fingerprint density at radius 2 is 2.08 bits per heavy atom. The molecule has 0 bridgehead atoms. The van der Waals surface area contributed by atoms with Gasteiger partial charge in [-0.15, -0.1) is 0 Å². The number of hydrogen-bond acceptors (Lipinski definition) is 3. The highest BCUT2D eigenvalue weighted by Gasteiger charge is 2.37. The topological polar surface area (TPSA) is 21.7 Å². The van der Waals surface area contributed by atoms with E-state index in [-0.39, 0.29) is 0 Å². The van der Waals surface area contributed by atoms with E-state index in [2.05, 4.69) is 0 Å². The molecular formula is C9H17NO2. The van der Waals surface area contributed by atoms with Crippen LogP contribution in [0.4, 0.5) is 0 Å². The highest BCUT2D eigenvalue weighted by molar-refractivity contribution is 4.79. The van der Waals surface area contributed by atoms with E-state index in [1.165, 1.54) is 4.90 Å². The Labute approximate surface area is 77.8 Å². The van der Waals surface area contributed by atoms with Gasteiger partial charge in [0, 0.05) is 23.5 Å². The van der Waals surface area contributed by atoms with Crippen LogP contribution in [0.2, 0.25) is 0 Å². The van der Waals surface area contributed by atoms with Crippen LogP contribution in [0, 0.1) is 0 Å². The molecule has 0 aromatic carbocycles. The van der Waals surface area contributed by atoms with Crippen molar-refractivity contribution in [2.45, 2.75) is 25.0 Å². The van der Waals surface area contributed by atoms with Gasteiger partial charge in [0.1, 0.15) is 0 Å². The van der Waals surface area contributed by atoms with E-state index in [0.29, 0.717) is 32.7 Å². The van der Waals surface area contributed by atoms with Crippen molar-refractivity contribution >= 4 is 0 Å². The van der Waals surface area contributed by atoms with Gasteiger partial charge in [-0.1, -0.05) is 0 Å². The minimum atomic E-state index is -1.98. The smallest absolute Gasteiger partial charge is 0.169 e. The second kappa shape index (κ2) is 3.32. The van der Waals surface area contributed by atoms with Gasteiger partial charge >= 0.3 is 0 Å². The third-order valence-electron chi connectivity index (χ3n) is 2.56. The quantitative estimate of drug-likeness (QED) is 0.543. The number of rotatable bonds is 0. The van der Waals surface area contributed by atoms with Gasteiger partial charge < -0.3 is 14.4 Å². The molecule has 0 saturated carbocycles. The van der Waals surface area contributed by atoms with E-state index in [0.717, 1.165) is 12.8 Å². The molecule has 3 heteroatoms. The Balaban J connectivity index is 1.97. The first-order valence-electron chi connectivity index (χ1n) is 6.05. The lowest BCUT2D eigenvalue weighted by atomic mass is 10.1. The van der Waals surface area contributed by atoms with Crippen molar-refractivity contribution < 1.29 is 13.6 Å². The molecule has 1 spiro atoms. The average molecular weight is 174 g/mol. The Morgan fingerprint density at radius 1 is 1.25 bits per heavy atom. The molecule has 2 aliphatic rings. The minimum absolute atomic E-state index is 0.486. The number of hydrogen-bond donors (Lipinski definition) is 0. The zero-order valence-corrected chi connectivity index (χ0v) is 7.21. The largest absolute Gasteiger partial charge is 0.347 e. The van der Waals surface area contributed by atoms with E-state index in [9.17, 15) is 0 Å². The maximum absolute atomic E-state index is 7.36. The first-order valence-corrected chi connectivity index (χ1v) is 4.55. The van der Waals surface area contributed by atoms with Gasteiger partial charge in [0.05, 0.1) is 13.2 Å². The molecule has 0 unspecified atom stereocenters. The van der Waals surface area contributed by atoms with Crippen LogP contribution in [0.5, 0.6) is 0 Å². The summed E-state index contributed by atoms with van der Waals surface area (Å²) in [6.45, 7) is 0.410. The predicted octanol–water partition coefficient (Wildman–Crippen LogP) is 0.845. The highest BCUT2D eigenvalue weighted by Crippen LogP contribution is 2.30. The molecule has 2 saturated heterocycles. The molecular weight excluding hydrogens is 154 g/mol. The van der Waals surface area contributed by atoms with Gasteiger partial charge in [0.15, 0.2) is 5.79 Å². The van der Waals surface area contributed by atoms with Crippen LogP contribution in [0.3, 0.4) is 0 Å². The third-order valence-corrected chi connectivity index (χ3v) is 2.56. The first kappa shape index (κ1) is 5.58. The molecule has 3 nitrogen and oxygen atoms in total. The standard InChI is InChI=1S/C9H17NO2/c1-10-5-2-3-9(4-6-10)11-7-8-12-9/h2-8H2,1H3/i1D3. The summed E-state index contributed by atoms with van der Waals surface area (Å²) in [5.41, 5.74) is 0. The number of nitrogens with zero attached hydrogens (tertiary/aromatic N) is 1. The van der Waals surface area contributed by atoms with Crippen molar-refractivity contribution in [3.05, 3.63) is 0 Å². The molecule has 0 atom stereocenters. The number of ether oxygens (including phenoxy) is 2. The summed E-state index contributed by atoms with van der Waals surface area (Å²) in [6.07, 6.45) is 2.28. The van der Waals surface area contributed by atoms with E-state index in [1.54, 1.807) is 0 Å². The van der Waals surface area contributed by atoms with Crippen molar-refractivity contribution in [3.63, 3.8) is 0 Å². The van der Waals surface area contributed by atoms with Crippen molar-refractivity contribution in [3.8, 4) is 0 Å². The van der Waals surface area contributed by atoms with Crippen LogP contribution in [0.1, 0.15) is 23.4 Å². The lowest BCUT2D eigenvalue weighted by Gasteiger charge is -2.25. The predicted molar refractivity (Wildman–Crippen MR) is 46.0 cm³/mol. The maximum Gasteiger partial charge on any atom is 0.169 e. The molecule has 0 aromatic heterocycles. The van der Waals surface area contributed by atoms with Crippen molar-refractivity contribution in [1.29, 1.82) is 0 Å². The second-order valence-corrected chi connectivity index (χ2v) is 3.45. The fraction of sp³-hybridized carbons (Fsp3) is 1.00. The van der Waals surface area contributed by atoms with Gasteiger partial charge in [-0.05, 0) is 19.9 Å². The summed E-state index contributed by atoms with van der Waals surface area (Å²) in [5, 5.41) is 0. The summed E-state index contributed by atoms with van der Waals surface area (Å²) in [7, 11) is 0. The van der Waals surface area contributed by atoms with Crippen LogP contribution >= 0.6 is 0 Å². The molecule has 0 aromatic rings. The minimum Gasteiger partial charge on any atom is -0.347 e. The Kier molecular flexibility index (Phi) is 1.54. The summed E-state index contributed by atoms with van der Waals surface area (Å²) >= 11 is 0. The summed E-state index contributed by atoms with van der Waals surface area (Å²) in [4.78, 5) is 1.53. The normalized spacial score (nSPS) is 35.5. The molecule has 2 heterocycles. The molecule has 70 valence electrons. The zero-order chi connectivity index (χ0) is 10.9. The average Bonchev–Trinajstić information content (AvgIpc) is 2.45. The van der Waals surface area contributed by atoms with Crippen LogP contribution in [-0.2, 0) is 9.47 Å². The fourth-order valence-electron chi connectivity index (χ4n) is 1.87. The van der Waals surface area contributed by atoms with Gasteiger partial charge in [-0.2, -0.15) is 0 Å². The van der Waals surface area contributed by atoms with Crippen molar-refractivity contribution in [1.82, 2.24) is 4.90 Å². The Morgan fingerprint density at radius 3 is 2.83 bits per heavy atom. The van der Waals surface area contributed by atoms with E-state index in [4.69, 9.17) is 13.6 Å². The first-order chi connectivity index (χ1) is 7.02. The highest BCUT2D eigenvalue weighted by atomic mass is 16.7.